The number of nitrogens with one attached hydrogen (secondary N) is 1. The molecule has 0 radical (unpaired) electrons. The Balaban J connectivity index is 2.12. The predicted molar refractivity (Wildman–Crippen MR) is 69.4 cm³/mol. The van der Waals surface area contributed by atoms with Gasteiger partial charge in [-0.15, -0.1) is 0 Å². The summed E-state index contributed by atoms with van der Waals surface area (Å²) in [5.41, 5.74) is 0.0170. The summed E-state index contributed by atoms with van der Waals surface area (Å²) in [7, 11) is 0. The zero-order valence-electron chi connectivity index (χ0n) is 10.2. The molecule has 0 bridgehead atoms. The van der Waals surface area contributed by atoms with Crippen molar-refractivity contribution in [2.45, 2.75) is 6.92 Å². The molecular weight excluding hydrogens is 248 g/mol. The van der Waals surface area contributed by atoms with Gasteiger partial charge in [0.05, 0.1) is 4.92 Å². The van der Waals surface area contributed by atoms with E-state index in [1.165, 1.54) is 24.3 Å². The van der Waals surface area contributed by atoms with E-state index in [0.717, 1.165) is 0 Å². The van der Waals surface area contributed by atoms with E-state index >= 15 is 0 Å². The predicted octanol–water partition coefficient (Wildman–Crippen LogP) is 2.61. The number of hydrogen-bond acceptors (Lipinski definition) is 6. The third-order valence-corrected chi connectivity index (χ3v) is 2.23. The number of benzene rings is 1. The van der Waals surface area contributed by atoms with Gasteiger partial charge in [-0.25, -0.2) is 4.98 Å². The van der Waals surface area contributed by atoms with Crippen LogP contribution >= 0.6 is 0 Å². The number of ether oxygens (including phenoxy) is 1. The van der Waals surface area contributed by atoms with Crippen molar-refractivity contribution in [2.75, 3.05) is 11.9 Å². The van der Waals surface area contributed by atoms with E-state index in [1.807, 2.05) is 6.92 Å². The van der Waals surface area contributed by atoms with E-state index in [-0.39, 0.29) is 5.69 Å². The van der Waals surface area contributed by atoms with Crippen LogP contribution in [-0.4, -0.2) is 21.4 Å². The molecule has 2 rings (SSSR count). The molecule has 0 aliphatic carbocycles. The first-order valence-corrected chi connectivity index (χ1v) is 5.68. The molecule has 7 nitrogen and oxygen atoms in total. The van der Waals surface area contributed by atoms with Crippen molar-refractivity contribution >= 4 is 11.6 Å². The molecule has 0 unspecified atom stereocenters. The molecule has 1 aromatic heterocycles. The largest absolute Gasteiger partial charge is 0.439 e. The van der Waals surface area contributed by atoms with Crippen LogP contribution in [0, 0.1) is 10.1 Å². The molecule has 7 heteroatoms. The molecular formula is C12H12N4O3. The van der Waals surface area contributed by atoms with Crippen molar-refractivity contribution < 1.29 is 9.66 Å². The standard InChI is InChI=1S/C12H12N4O3/c1-2-13-12-14-8-7-11(15-12)19-10-5-3-9(4-6-10)16(17)18/h3-8H,2H2,1H3,(H,13,14,15). The third-order valence-electron chi connectivity index (χ3n) is 2.23. The fourth-order valence-corrected chi connectivity index (χ4v) is 1.40. The zero-order valence-corrected chi connectivity index (χ0v) is 10.2. The topological polar surface area (TPSA) is 90.2 Å². The molecule has 1 N–H and O–H groups in total. The summed E-state index contributed by atoms with van der Waals surface area (Å²) in [6.07, 6.45) is 1.58. The lowest BCUT2D eigenvalue weighted by molar-refractivity contribution is -0.384. The second kappa shape index (κ2) is 5.76. The summed E-state index contributed by atoms with van der Waals surface area (Å²) in [5, 5.41) is 13.5. The van der Waals surface area contributed by atoms with Gasteiger partial charge in [-0.1, -0.05) is 0 Å². The van der Waals surface area contributed by atoms with Crippen LogP contribution in [0.4, 0.5) is 11.6 Å². The molecule has 98 valence electrons. The molecule has 19 heavy (non-hydrogen) atoms. The van der Waals surface area contributed by atoms with Crippen LogP contribution in [-0.2, 0) is 0 Å². The third kappa shape index (κ3) is 3.38. The summed E-state index contributed by atoms with van der Waals surface area (Å²) < 4.78 is 5.49. The minimum atomic E-state index is -0.461. The van der Waals surface area contributed by atoms with E-state index in [2.05, 4.69) is 15.3 Å². The van der Waals surface area contributed by atoms with Crippen molar-refractivity contribution in [1.82, 2.24) is 9.97 Å². The van der Waals surface area contributed by atoms with Gasteiger partial charge in [0.1, 0.15) is 5.75 Å². The zero-order chi connectivity index (χ0) is 13.7. The van der Waals surface area contributed by atoms with Gasteiger partial charge < -0.3 is 10.1 Å². The highest BCUT2D eigenvalue weighted by molar-refractivity contribution is 5.38. The van der Waals surface area contributed by atoms with Gasteiger partial charge in [0, 0.05) is 30.9 Å². The first-order chi connectivity index (χ1) is 9.19. The highest BCUT2D eigenvalue weighted by Gasteiger charge is 2.06. The number of rotatable bonds is 5. The van der Waals surface area contributed by atoms with Gasteiger partial charge in [0.15, 0.2) is 0 Å². The van der Waals surface area contributed by atoms with E-state index in [9.17, 15) is 10.1 Å². The van der Waals surface area contributed by atoms with Crippen molar-refractivity contribution in [3.63, 3.8) is 0 Å². The fraction of sp³-hybridized carbons (Fsp3) is 0.167. The lowest BCUT2D eigenvalue weighted by atomic mass is 10.3. The van der Waals surface area contributed by atoms with Crippen LogP contribution in [0.2, 0.25) is 0 Å². The molecule has 0 aliphatic heterocycles. The molecule has 0 saturated heterocycles. The second-order valence-corrected chi connectivity index (χ2v) is 3.60. The van der Waals surface area contributed by atoms with E-state index in [4.69, 9.17) is 4.74 Å². The van der Waals surface area contributed by atoms with Crippen molar-refractivity contribution in [1.29, 1.82) is 0 Å². The van der Waals surface area contributed by atoms with Gasteiger partial charge >= 0.3 is 0 Å². The van der Waals surface area contributed by atoms with Crippen molar-refractivity contribution in [3.8, 4) is 11.6 Å². The maximum atomic E-state index is 10.5. The van der Waals surface area contributed by atoms with Crippen LogP contribution < -0.4 is 10.1 Å². The van der Waals surface area contributed by atoms with Gasteiger partial charge in [-0.3, -0.25) is 10.1 Å². The highest BCUT2D eigenvalue weighted by atomic mass is 16.6. The Morgan fingerprint density at radius 3 is 2.68 bits per heavy atom. The van der Waals surface area contributed by atoms with E-state index in [1.54, 1.807) is 12.3 Å². The fourth-order valence-electron chi connectivity index (χ4n) is 1.40. The summed E-state index contributed by atoms with van der Waals surface area (Å²) in [5.74, 6) is 1.33. The Labute approximate surface area is 109 Å². The first kappa shape index (κ1) is 12.7. The molecule has 0 spiro atoms. The Morgan fingerprint density at radius 1 is 1.32 bits per heavy atom. The number of nitro benzene ring substituents is 1. The number of nitro groups is 1. The van der Waals surface area contributed by atoms with E-state index in [0.29, 0.717) is 24.1 Å². The van der Waals surface area contributed by atoms with Gasteiger partial charge in [0.2, 0.25) is 11.8 Å². The van der Waals surface area contributed by atoms with Crippen LogP contribution in [0.5, 0.6) is 11.6 Å². The Kier molecular flexibility index (Phi) is 3.87. The normalized spacial score (nSPS) is 9.95. The first-order valence-electron chi connectivity index (χ1n) is 5.68. The Hall–Kier alpha value is -2.70. The monoisotopic (exact) mass is 260 g/mol. The molecule has 1 heterocycles. The smallest absolute Gasteiger partial charge is 0.269 e. The minimum absolute atomic E-state index is 0.0170. The average Bonchev–Trinajstić information content (AvgIpc) is 2.40. The van der Waals surface area contributed by atoms with Crippen LogP contribution in [0.15, 0.2) is 36.5 Å². The van der Waals surface area contributed by atoms with Crippen molar-refractivity contribution in [3.05, 3.63) is 46.6 Å². The number of hydrogen-bond donors (Lipinski definition) is 1. The molecule has 0 amide bonds. The van der Waals surface area contributed by atoms with Gasteiger partial charge in [-0.05, 0) is 19.1 Å². The number of non-ortho nitro benzene ring substituents is 1. The SMILES string of the molecule is CCNc1nccc(Oc2ccc([N+](=O)[O-])cc2)n1. The summed E-state index contributed by atoms with van der Waals surface area (Å²) in [6, 6.07) is 7.41. The molecule has 2 aromatic rings. The highest BCUT2D eigenvalue weighted by Crippen LogP contribution is 2.22. The molecule has 0 aliphatic rings. The lowest BCUT2D eigenvalue weighted by Gasteiger charge is -2.06. The van der Waals surface area contributed by atoms with Crippen molar-refractivity contribution in [2.24, 2.45) is 0 Å². The maximum Gasteiger partial charge on any atom is 0.269 e. The van der Waals surface area contributed by atoms with Crippen LogP contribution in [0.25, 0.3) is 0 Å². The molecule has 0 saturated carbocycles. The lowest BCUT2D eigenvalue weighted by Crippen LogP contribution is -2.02. The Bertz CT molecular complexity index is 571. The number of aromatic nitrogens is 2. The summed E-state index contributed by atoms with van der Waals surface area (Å²) >= 11 is 0. The number of nitrogens with zero attached hydrogens (tertiary/aromatic N) is 3. The number of anilines is 1. The van der Waals surface area contributed by atoms with Gasteiger partial charge in [0.25, 0.3) is 5.69 Å². The molecule has 0 atom stereocenters. The van der Waals surface area contributed by atoms with E-state index < -0.39 is 4.92 Å². The van der Waals surface area contributed by atoms with Crippen LogP contribution in [0.3, 0.4) is 0 Å². The molecule has 1 aromatic carbocycles. The second-order valence-electron chi connectivity index (χ2n) is 3.60. The van der Waals surface area contributed by atoms with Crippen LogP contribution in [0.1, 0.15) is 6.92 Å². The maximum absolute atomic E-state index is 10.5. The molecule has 0 fully saturated rings. The summed E-state index contributed by atoms with van der Waals surface area (Å²) in [6.45, 7) is 2.65. The van der Waals surface area contributed by atoms with Gasteiger partial charge in [-0.2, -0.15) is 4.98 Å². The average molecular weight is 260 g/mol. The summed E-state index contributed by atoms with van der Waals surface area (Å²) in [4.78, 5) is 18.2. The minimum Gasteiger partial charge on any atom is -0.439 e. The quantitative estimate of drug-likeness (QED) is 0.656. The Morgan fingerprint density at radius 2 is 2.05 bits per heavy atom.